The van der Waals surface area contributed by atoms with Gasteiger partial charge in [-0.15, -0.1) is 0 Å². The summed E-state index contributed by atoms with van der Waals surface area (Å²) in [5.41, 5.74) is 3.25. The van der Waals surface area contributed by atoms with E-state index in [0.29, 0.717) is 24.2 Å². The van der Waals surface area contributed by atoms with Crippen LogP contribution in [0.2, 0.25) is 0 Å². The quantitative estimate of drug-likeness (QED) is 0.602. The molecule has 0 unspecified atom stereocenters. The second-order valence-corrected chi connectivity index (χ2v) is 7.01. The monoisotopic (exact) mass is 447 g/mol. The van der Waals surface area contributed by atoms with Gasteiger partial charge in [0, 0.05) is 26.7 Å². The Morgan fingerprint density at radius 2 is 1.55 bits per heavy atom. The molecule has 1 amide bonds. The predicted molar refractivity (Wildman–Crippen MR) is 104 cm³/mol. The van der Waals surface area contributed by atoms with Crippen LogP contribution < -0.4 is 11.1 Å². The van der Waals surface area contributed by atoms with Gasteiger partial charge in [-0.3, -0.25) is 4.79 Å². The summed E-state index contributed by atoms with van der Waals surface area (Å²) < 4.78 is 78.1. The minimum Gasteiger partial charge on any atom is -0.344 e. The summed E-state index contributed by atoms with van der Waals surface area (Å²) in [6.45, 7) is 0.567. The van der Waals surface area contributed by atoms with Crippen LogP contribution in [0.3, 0.4) is 0 Å². The van der Waals surface area contributed by atoms with Gasteiger partial charge in [-0.25, -0.2) is 0 Å². The third-order valence-electron chi connectivity index (χ3n) is 4.63. The third kappa shape index (κ3) is 6.96. The molecule has 0 aromatic heterocycles. The van der Waals surface area contributed by atoms with Gasteiger partial charge < -0.3 is 16.0 Å². The lowest BCUT2D eigenvalue weighted by molar-refractivity contribution is -0.143. The standard InChI is InChI=1S/C21H23F6N3O/c1-30(19(31)18(29-9-8-28)15-5-3-2-4-6-15)10-7-14-11-16(20(22,23)24)13-17(12-14)21(25,26)27/h2-6,11-13,18,29H,7-10,28H2,1H3/t18-/m0/s1. The highest BCUT2D eigenvalue weighted by Crippen LogP contribution is 2.36. The molecule has 0 bridgehead atoms. The zero-order chi connectivity index (χ0) is 23.2. The number of rotatable bonds is 8. The topological polar surface area (TPSA) is 58.4 Å². The van der Waals surface area contributed by atoms with Gasteiger partial charge in [0.1, 0.15) is 6.04 Å². The van der Waals surface area contributed by atoms with Crippen molar-refractivity contribution in [1.82, 2.24) is 10.2 Å². The molecule has 31 heavy (non-hydrogen) atoms. The molecule has 3 N–H and O–H groups in total. The number of amides is 1. The fourth-order valence-electron chi connectivity index (χ4n) is 3.01. The molecule has 0 fully saturated rings. The maximum atomic E-state index is 13.0. The Kier molecular flexibility index (Phi) is 8.08. The molecular formula is C21H23F6N3O. The summed E-state index contributed by atoms with van der Waals surface area (Å²) in [5, 5.41) is 3.01. The van der Waals surface area contributed by atoms with Crippen LogP contribution in [0.15, 0.2) is 48.5 Å². The van der Waals surface area contributed by atoms with Crippen molar-refractivity contribution in [3.8, 4) is 0 Å². The first-order valence-electron chi connectivity index (χ1n) is 9.45. The van der Waals surface area contributed by atoms with E-state index in [0.717, 1.165) is 0 Å². The van der Waals surface area contributed by atoms with E-state index in [1.165, 1.54) is 11.9 Å². The average Bonchev–Trinajstić information content (AvgIpc) is 2.71. The first-order chi connectivity index (χ1) is 14.4. The van der Waals surface area contributed by atoms with Gasteiger partial charge >= 0.3 is 12.4 Å². The van der Waals surface area contributed by atoms with Crippen LogP contribution in [0.1, 0.15) is 28.3 Å². The van der Waals surface area contributed by atoms with Gasteiger partial charge in [0.15, 0.2) is 0 Å². The van der Waals surface area contributed by atoms with E-state index in [2.05, 4.69) is 5.32 Å². The zero-order valence-corrected chi connectivity index (χ0v) is 16.7. The number of alkyl halides is 6. The first kappa shape index (κ1) is 24.7. The van der Waals surface area contributed by atoms with E-state index in [9.17, 15) is 31.1 Å². The Morgan fingerprint density at radius 1 is 1.00 bits per heavy atom. The highest BCUT2D eigenvalue weighted by atomic mass is 19.4. The highest BCUT2D eigenvalue weighted by Gasteiger charge is 2.37. The normalized spacial score (nSPS) is 13.2. The molecule has 1 atom stereocenters. The van der Waals surface area contributed by atoms with Crippen molar-refractivity contribution in [3.63, 3.8) is 0 Å². The lowest BCUT2D eigenvalue weighted by Gasteiger charge is -2.25. The largest absolute Gasteiger partial charge is 0.416 e. The number of benzene rings is 2. The number of carbonyl (C=O) groups excluding carboxylic acids is 1. The maximum Gasteiger partial charge on any atom is 0.416 e. The molecule has 2 aromatic carbocycles. The van der Waals surface area contributed by atoms with Gasteiger partial charge in [0.05, 0.1) is 11.1 Å². The Bertz CT molecular complexity index is 835. The number of likely N-dealkylation sites (N-methyl/N-ethyl adjacent to an activating group) is 1. The number of hydrogen-bond donors (Lipinski definition) is 2. The molecule has 0 spiro atoms. The van der Waals surface area contributed by atoms with Crippen LogP contribution in [0.4, 0.5) is 26.3 Å². The summed E-state index contributed by atoms with van der Waals surface area (Å²) in [7, 11) is 1.45. The van der Waals surface area contributed by atoms with Crippen LogP contribution in [-0.4, -0.2) is 37.5 Å². The summed E-state index contributed by atoms with van der Waals surface area (Å²) in [5.74, 6) is -0.373. The van der Waals surface area contributed by atoms with Crippen molar-refractivity contribution in [3.05, 3.63) is 70.8 Å². The molecule has 0 saturated heterocycles. The van der Waals surface area contributed by atoms with Crippen molar-refractivity contribution in [2.24, 2.45) is 5.73 Å². The molecular weight excluding hydrogens is 424 g/mol. The second kappa shape index (κ2) is 10.1. The van der Waals surface area contributed by atoms with Crippen molar-refractivity contribution in [2.75, 3.05) is 26.7 Å². The number of hydrogen-bond acceptors (Lipinski definition) is 3. The molecule has 0 radical (unpaired) electrons. The minimum absolute atomic E-state index is 0.0644. The Balaban J connectivity index is 2.19. The van der Waals surface area contributed by atoms with Crippen molar-refractivity contribution < 1.29 is 31.1 Å². The summed E-state index contributed by atoms with van der Waals surface area (Å²) in [4.78, 5) is 14.2. The van der Waals surface area contributed by atoms with E-state index in [1.807, 2.05) is 0 Å². The molecule has 0 saturated carbocycles. The van der Waals surface area contributed by atoms with Crippen LogP contribution >= 0.6 is 0 Å². The van der Waals surface area contributed by atoms with Crippen LogP contribution in [0.5, 0.6) is 0 Å². The first-order valence-corrected chi connectivity index (χ1v) is 9.45. The summed E-state index contributed by atoms with van der Waals surface area (Å²) in [6, 6.07) is 9.46. The SMILES string of the molecule is CN(CCc1cc(C(F)(F)F)cc(C(F)(F)F)c1)C(=O)[C@@H](NCCN)c1ccccc1. The van der Waals surface area contributed by atoms with Gasteiger partial charge in [-0.2, -0.15) is 26.3 Å². The highest BCUT2D eigenvalue weighted by molar-refractivity contribution is 5.83. The van der Waals surface area contributed by atoms with Gasteiger partial charge in [-0.1, -0.05) is 30.3 Å². The minimum atomic E-state index is -4.91. The van der Waals surface area contributed by atoms with E-state index in [-0.39, 0.29) is 37.0 Å². The van der Waals surface area contributed by atoms with E-state index >= 15 is 0 Å². The number of halogens is 6. The number of nitrogens with zero attached hydrogens (tertiary/aromatic N) is 1. The maximum absolute atomic E-state index is 13.0. The molecule has 0 aliphatic rings. The van der Waals surface area contributed by atoms with Crippen LogP contribution in [-0.2, 0) is 23.6 Å². The third-order valence-corrected chi connectivity index (χ3v) is 4.63. The van der Waals surface area contributed by atoms with Crippen molar-refractivity contribution >= 4 is 5.91 Å². The van der Waals surface area contributed by atoms with Crippen LogP contribution in [0, 0.1) is 0 Å². The number of carbonyl (C=O) groups is 1. The zero-order valence-electron chi connectivity index (χ0n) is 16.7. The molecule has 0 aliphatic heterocycles. The second-order valence-electron chi connectivity index (χ2n) is 7.01. The van der Waals surface area contributed by atoms with Crippen LogP contribution in [0.25, 0.3) is 0 Å². The Morgan fingerprint density at radius 3 is 2.03 bits per heavy atom. The Hall–Kier alpha value is -2.59. The molecule has 0 heterocycles. The summed E-state index contributed by atoms with van der Waals surface area (Å²) >= 11 is 0. The smallest absolute Gasteiger partial charge is 0.344 e. The lowest BCUT2D eigenvalue weighted by Crippen LogP contribution is -2.41. The Labute approximate surface area is 176 Å². The summed E-state index contributed by atoms with van der Waals surface area (Å²) in [6.07, 6.45) is -10.0. The molecule has 10 heteroatoms. The van der Waals surface area contributed by atoms with E-state index < -0.39 is 29.5 Å². The molecule has 4 nitrogen and oxygen atoms in total. The fraction of sp³-hybridized carbons (Fsp3) is 0.381. The predicted octanol–water partition coefficient (Wildman–Crippen LogP) is 4.01. The fourth-order valence-corrected chi connectivity index (χ4v) is 3.01. The van der Waals surface area contributed by atoms with Gasteiger partial charge in [0.2, 0.25) is 5.91 Å². The molecule has 170 valence electrons. The van der Waals surface area contributed by atoms with E-state index in [4.69, 9.17) is 5.73 Å². The molecule has 2 aromatic rings. The van der Waals surface area contributed by atoms with Crippen molar-refractivity contribution in [1.29, 1.82) is 0 Å². The average molecular weight is 447 g/mol. The van der Waals surface area contributed by atoms with E-state index in [1.54, 1.807) is 30.3 Å². The molecule has 0 aliphatic carbocycles. The number of nitrogens with two attached hydrogens (primary N) is 1. The van der Waals surface area contributed by atoms with Gasteiger partial charge in [-0.05, 0) is 35.7 Å². The molecule has 2 rings (SSSR count). The van der Waals surface area contributed by atoms with Crippen molar-refractivity contribution in [2.45, 2.75) is 24.8 Å². The lowest BCUT2D eigenvalue weighted by atomic mass is 10.0. The van der Waals surface area contributed by atoms with Gasteiger partial charge in [0.25, 0.3) is 0 Å². The number of nitrogens with one attached hydrogen (secondary N) is 1.